The van der Waals surface area contributed by atoms with Gasteiger partial charge in [-0.05, 0) is 24.7 Å². The number of benzene rings is 1. The van der Waals surface area contributed by atoms with Crippen molar-refractivity contribution in [2.75, 3.05) is 13.1 Å². The molecule has 1 N–H and O–H groups in total. The molecule has 0 spiro atoms. The molecular formula is C13H14FN3. The topological polar surface area (TPSA) is 29.9 Å². The molecule has 2 heterocycles. The number of rotatable bonds is 2. The van der Waals surface area contributed by atoms with Crippen LogP contribution in [0.4, 0.5) is 4.39 Å². The second kappa shape index (κ2) is 3.96. The van der Waals surface area contributed by atoms with E-state index in [-0.39, 0.29) is 0 Å². The average Bonchev–Trinajstić information content (AvgIpc) is 2.99. The van der Waals surface area contributed by atoms with Crippen LogP contribution in [0, 0.1) is 0 Å². The maximum absolute atomic E-state index is 14.7. The van der Waals surface area contributed by atoms with Gasteiger partial charge in [-0.25, -0.2) is 9.07 Å². The Morgan fingerprint density at radius 2 is 2.06 bits per heavy atom. The number of aromatic nitrogens is 2. The van der Waals surface area contributed by atoms with E-state index in [9.17, 15) is 4.39 Å². The van der Waals surface area contributed by atoms with Gasteiger partial charge >= 0.3 is 0 Å². The van der Waals surface area contributed by atoms with Gasteiger partial charge in [-0.3, -0.25) is 0 Å². The molecule has 0 aliphatic carbocycles. The molecule has 0 radical (unpaired) electrons. The van der Waals surface area contributed by atoms with Crippen LogP contribution in [-0.4, -0.2) is 22.9 Å². The van der Waals surface area contributed by atoms with E-state index in [2.05, 4.69) is 10.4 Å². The summed E-state index contributed by atoms with van der Waals surface area (Å²) < 4.78 is 16.4. The first kappa shape index (κ1) is 10.5. The van der Waals surface area contributed by atoms with Gasteiger partial charge in [0, 0.05) is 19.2 Å². The molecule has 1 aromatic heterocycles. The molecule has 1 aliphatic rings. The highest BCUT2D eigenvalue weighted by Gasteiger charge is 2.38. The van der Waals surface area contributed by atoms with Crippen LogP contribution in [0.1, 0.15) is 12.1 Å². The fraction of sp³-hybridized carbons (Fsp3) is 0.308. The monoisotopic (exact) mass is 231 g/mol. The number of hydrogen-bond donors (Lipinski definition) is 1. The standard InChI is InChI=1S/C13H14FN3/c14-13(7-9-15-10-13)12-6-8-16-17(12)11-4-2-1-3-5-11/h1-6,8,15H,7,9-10H2. The lowest BCUT2D eigenvalue weighted by Crippen LogP contribution is -2.26. The van der Waals surface area contributed by atoms with Crippen molar-refractivity contribution in [2.24, 2.45) is 0 Å². The summed E-state index contributed by atoms with van der Waals surface area (Å²) in [4.78, 5) is 0. The number of hydrogen-bond acceptors (Lipinski definition) is 2. The molecule has 1 unspecified atom stereocenters. The second-order valence-electron chi connectivity index (χ2n) is 4.36. The summed E-state index contributed by atoms with van der Waals surface area (Å²) in [6, 6.07) is 11.4. The summed E-state index contributed by atoms with van der Waals surface area (Å²) in [5.74, 6) is 0. The number of halogens is 1. The quantitative estimate of drug-likeness (QED) is 0.857. The molecule has 0 amide bonds. The molecule has 17 heavy (non-hydrogen) atoms. The van der Waals surface area contributed by atoms with Crippen LogP contribution < -0.4 is 5.32 Å². The van der Waals surface area contributed by atoms with Crippen molar-refractivity contribution in [2.45, 2.75) is 12.1 Å². The van der Waals surface area contributed by atoms with Gasteiger partial charge in [0.1, 0.15) is 0 Å². The normalized spacial score (nSPS) is 24.1. The summed E-state index contributed by atoms with van der Waals surface area (Å²) in [6.07, 6.45) is 2.16. The van der Waals surface area contributed by atoms with E-state index in [1.165, 1.54) is 0 Å². The lowest BCUT2D eigenvalue weighted by atomic mass is 10.0. The molecule has 0 saturated carbocycles. The molecule has 1 fully saturated rings. The summed E-state index contributed by atoms with van der Waals surface area (Å²) in [5, 5.41) is 7.29. The third-order valence-corrected chi connectivity index (χ3v) is 3.21. The van der Waals surface area contributed by atoms with Crippen LogP contribution in [0.3, 0.4) is 0 Å². The second-order valence-corrected chi connectivity index (χ2v) is 4.36. The van der Waals surface area contributed by atoms with Crippen LogP contribution in [0.25, 0.3) is 5.69 Å². The Morgan fingerprint density at radius 1 is 1.24 bits per heavy atom. The largest absolute Gasteiger partial charge is 0.313 e. The zero-order valence-electron chi connectivity index (χ0n) is 9.44. The summed E-state index contributed by atoms with van der Waals surface area (Å²) in [7, 11) is 0. The van der Waals surface area contributed by atoms with Crippen LogP contribution >= 0.6 is 0 Å². The van der Waals surface area contributed by atoms with Crippen molar-refractivity contribution < 1.29 is 4.39 Å². The fourth-order valence-electron chi connectivity index (χ4n) is 2.30. The number of nitrogens with zero attached hydrogens (tertiary/aromatic N) is 2. The minimum absolute atomic E-state index is 0.367. The molecule has 4 heteroatoms. The van der Waals surface area contributed by atoms with Crippen molar-refractivity contribution in [3.63, 3.8) is 0 Å². The lowest BCUT2D eigenvalue weighted by molar-refractivity contribution is 0.182. The zero-order chi connectivity index (χ0) is 11.7. The van der Waals surface area contributed by atoms with E-state index >= 15 is 0 Å². The molecule has 1 saturated heterocycles. The lowest BCUT2D eigenvalue weighted by Gasteiger charge is -2.19. The zero-order valence-corrected chi connectivity index (χ0v) is 9.44. The first-order valence-electron chi connectivity index (χ1n) is 5.79. The van der Waals surface area contributed by atoms with E-state index in [4.69, 9.17) is 0 Å². The third kappa shape index (κ3) is 1.74. The Kier molecular flexibility index (Phi) is 2.44. The highest BCUT2D eigenvalue weighted by atomic mass is 19.1. The Hall–Kier alpha value is -1.68. The first-order valence-corrected chi connectivity index (χ1v) is 5.79. The third-order valence-electron chi connectivity index (χ3n) is 3.21. The van der Waals surface area contributed by atoms with Gasteiger partial charge in [-0.15, -0.1) is 0 Å². The van der Waals surface area contributed by atoms with Gasteiger partial charge in [-0.1, -0.05) is 18.2 Å². The van der Waals surface area contributed by atoms with E-state index in [0.717, 1.165) is 12.2 Å². The van der Waals surface area contributed by atoms with Crippen molar-refractivity contribution in [1.29, 1.82) is 0 Å². The number of para-hydroxylation sites is 1. The summed E-state index contributed by atoms with van der Waals surface area (Å²) in [6.45, 7) is 1.09. The van der Waals surface area contributed by atoms with Crippen molar-refractivity contribution in [1.82, 2.24) is 15.1 Å². The van der Waals surface area contributed by atoms with Gasteiger partial charge in [0.05, 0.1) is 11.4 Å². The van der Waals surface area contributed by atoms with E-state index in [0.29, 0.717) is 18.7 Å². The Balaban J connectivity index is 2.05. The predicted octanol–water partition coefficient (Wildman–Crippen LogP) is 2.03. The molecule has 1 aliphatic heterocycles. The van der Waals surface area contributed by atoms with Gasteiger partial charge in [0.25, 0.3) is 0 Å². The molecule has 1 aromatic carbocycles. The van der Waals surface area contributed by atoms with Gasteiger partial charge in [0.15, 0.2) is 5.67 Å². The molecule has 2 aromatic rings. The Morgan fingerprint density at radius 3 is 2.76 bits per heavy atom. The van der Waals surface area contributed by atoms with Gasteiger partial charge < -0.3 is 5.32 Å². The number of alkyl halides is 1. The van der Waals surface area contributed by atoms with E-state index < -0.39 is 5.67 Å². The smallest absolute Gasteiger partial charge is 0.166 e. The van der Waals surface area contributed by atoms with Crippen LogP contribution in [-0.2, 0) is 5.67 Å². The predicted molar refractivity (Wildman–Crippen MR) is 63.8 cm³/mol. The molecular weight excluding hydrogens is 217 g/mol. The van der Waals surface area contributed by atoms with E-state index in [1.54, 1.807) is 16.9 Å². The van der Waals surface area contributed by atoms with Crippen LogP contribution in [0.15, 0.2) is 42.6 Å². The highest BCUT2D eigenvalue weighted by molar-refractivity contribution is 5.34. The first-order chi connectivity index (χ1) is 8.30. The SMILES string of the molecule is FC1(c2ccnn2-c2ccccc2)CCNC1. The van der Waals surface area contributed by atoms with Crippen molar-refractivity contribution >= 4 is 0 Å². The fourth-order valence-corrected chi connectivity index (χ4v) is 2.30. The molecule has 3 nitrogen and oxygen atoms in total. The summed E-state index contributed by atoms with van der Waals surface area (Å²) >= 11 is 0. The van der Waals surface area contributed by atoms with Crippen molar-refractivity contribution in [3.05, 3.63) is 48.3 Å². The van der Waals surface area contributed by atoms with Gasteiger partial charge in [-0.2, -0.15) is 5.10 Å². The van der Waals surface area contributed by atoms with Crippen LogP contribution in [0.2, 0.25) is 0 Å². The number of nitrogens with one attached hydrogen (secondary N) is 1. The highest BCUT2D eigenvalue weighted by Crippen LogP contribution is 2.33. The molecule has 1 atom stereocenters. The van der Waals surface area contributed by atoms with Crippen LogP contribution in [0.5, 0.6) is 0 Å². The minimum atomic E-state index is -1.30. The van der Waals surface area contributed by atoms with Crippen molar-refractivity contribution in [3.8, 4) is 5.69 Å². The minimum Gasteiger partial charge on any atom is -0.313 e. The summed E-state index contributed by atoms with van der Waals surface area (Å²) in [5.41, 5.74) is 0.233. The van der Waals surface area contributed by atoms with E-state index in [1.807, 2.05) is 30.3 Å². The molecule has 88 valence electrons. The maximum Gasteiger partial charge on any atom is 0.166 e. The maximum atomic E-state index is 14.7. The Labute approximate surface area is 99.3 Å². The van der Waals surface area contributed by atoms with Gasteiger partial charge in [0.2, 0.25) is 0 Å². The molecule has 3 rings (SSSR count). The average molecular weight is 231 g/mol. The molecule has 0 bridgehead atoms. The Bertz CT molecular complexity index is 500.